The lowest BCUT2D eigenvalue weighted by Crippen LogP contribution is -2.34. The number of ether oxygens (including phenoxy) is 1. The third kappa shape index (κ3) is 1.82. The number of benzene rings is 1. The van der Waals surface area contributed by atoms with Crippen molar-refractivity contribution >= 4 is 6.21 Å². The zero-order chi connectivity index (χ0) is 16.4. The van der Waals surface area contributed by atoms with Crippen molar-refractivity contribution < 1.29 is 14.9 Å². The highest BCUT2D eigenvalue weighted by Gasteiger charge is 2.50. The number of aromatic nitrogens is 1. The van der Waals surface area contributed by atoms with Crippen LogP contribution in [0.4, 0.5) is 0 Å². The molecule has 2 aliphatic rings. The predicted octanol–water partition coefficient (Wildman–Crippen LogP) is 3.42. The van der Waals surface area contributed by atoms with E-state index in [1.54, 1.807) is 6.21 Å². The zero-order valence-corrected chi connectivity index (χ0v) is 13.2. The molecule has 5 heteroatoms. The van der Waals surface area contributed by atoms with Crippen molar-refractivity contribution in [3.63, 3.8) is 0 Å². The second-order valence-electron chi connectivity index (χ2n) is 6.42. The average molecular weight is 310 g/mol. The highest BCUT2D eigenvalue weighted by Crippen LogP contribution is 2.57. The van der Waals surface area contributed by atoms with E-state index in [0.29, 0.717) is 17.0 Å². The Kier molecular flexibility index (Phi) is 2.67. The molecule has 0 saturated heterocycles. The lowest BCUT2D eigenvalue weighted by Gasteiger charge is -2.29. The Morgan fingerprint density at radius 3 is 2.52 bits per heavy atom. The molecule has 2 atom stereocenters. The molecule has 1 aromatic carbocycles. The van der Waals surface area contributed by atoms with Crippen LogP contribution in [-0.4, -0.2) is 26.6 Å². The Morgan fingerprint density at radius 2 is 1.83 bits per heavy atom. The molecule has 23 heavy (non-hydrogen) atoms. The molecule has 1 aromatic heterocycles. The number of aryl methyl sites for hydroxylation is 1. The van der Waals surface area contributed by atoms with E-state index in [4.69, 9.17) is 4.74 Å². The molecule has 0 bridgehead atoms. The van der Waals surface area contributed by atoms with Crippen molar-refractivity contribution in [1.82, 2.24) is 4.57 Å². The third-order valence-electron chi connectivity index (χ3n) is 4.48. The van der Waals surface area contributed by atoms with Crippen LogP contribution < -0.4 is 4.74 Å². The van der Waals surface area contributed by atoms with Crippen LogP contribution in [0.15, 0.2) is 40.9 Å². The maximum Gasteiger partial charge on any atom is 0.242 e. The van der Waals surface area contributed by atoms with Crippen LogP contribution in [0.2, 0.25) is 0 Å². The summed E-state index contributed by atoms with van der Waals surface area (Å²) in [6.07, 6.45) is 3.74. The van der Waals surface area contributed by atoms with E-state index in [2.05, 4.69) is 4.99 Å². The summed E-state index contributed by atoms with van der Waals surface area (Å²) in [6.45, 7) is 5.84. The normalized spacial score (nSPS) is 24.8. The van der Waals surface area contributed by atoms with Crippen LogP contribution in [0.3, 0.4) is 0 Å². The van der Waals surface area contributed by atoms with E-state index in [-0.39, 0.29) is 17.8 Å². The molecule has 4 rings (SSSR count). The van der Waals surface area contributed by atoms with Gasteiger partial charge in [-0.25, -0.2) is 4.57 Å². The molecule has 2 aliphatic heterocycles. The van der Waals surface area contributed by atoms with E-state index in [9.17, 15) is 10.2 Å². The van der Waals surface area contributed by atoms with Crippen LogP contribution in [0, 0.1) is 6.92 Å². The van der Waals surface area contributed by atoms with Crippen LogP contribution in [0.1, 0.15) is 31.0 Å². The molecule has 5 nitrogen and oxygen atoms in total. The Hall–Kier alpha value is -2.69. The van der Waals surface area contributed by atoms with E-state index in [1.807, 2.05) is 51.1 Å². The standard InChI is InChI=1S/C18H18N2O3/c1-10-4-6-12(7-5-10)20-16(21)13-14(17(20)22)23-18(3)8-11(2)9-19-15(13)18/h4-9,15,21-22H,1-3H3/t15-,18-/m0/s1. The van der Waals surface area contributed by atoms with Gasteiger partial charge < -0.3 is 14.9 Å². The van der Waals surface area contributed by atoms with Crippen LogP contribution in [-0.2, 0) is 0 Å². The minimum atomic E-state index is -0.676. The minimum absolute atomic E-state index is 0.0276. The van der Waals surface area contributed by atoms with Gasteiger partial charge in [0.1, 0.15) is 6.04 Å². The predicted molar refractivity (Wildman–Crippen MR) is 87.9 cm³/mol. The summed E-state index contributed by atoms with van der Waals surface area (Å²) in [6, 6.07) is 7.18. The van der Waals surface area contributed by atoms with E-state index in [1.165, 1.54) is 4.57 Å². The van der Waals surface area contributed by atoms with Gasteiger partial charge in [0.15, 0.2) is 11.4 Å². The van der Waals surface area contributed by atoms with Crippen molar-refractivity contribution in [1.29, 1.82) is 0 Å². The van der Waals surface area contributed by atoms with Crippen molar-refractivity contribution in [3.8, 4) is 23.2 Å². The SMILES string of the molecule is CC1=C[C@]2(C)Oc3c(c(O)n(-c4ccc(C)cc4)c3O)[C@@H]2N=C1. The fraction of sp³-hybridized carbons (Fsp3) is 0.278. The monoisotopic (exact) mass is 310 g/mol. The first-order valence-electron chi connectivity index (χ1n) is 7.56. The number of rotatable bonds is 1. The first-order chi connectivity index (χ1) is 10.9. The quantitative estimate of drug-likeness (QED) is 0.848. The van der Waals surface area contributed by atoms with Gasteiger partial charge in [-0.1, -0.05) is 17.7 Å². The van der Waals surface area contributed by atoms with Crippen LogP contribution in [0.5, 0.6) is 17.5 Å². The van der Waals surface area contributed by atoms with Gasteiger partial charge in [0.05, 0.1) is 11.3 Å². The molecular weight excluding hydrogens is 292 g/mol. The molecule has 0 saturated carbocycles. The Labute approximate surface area is 134 Å². The van der Waals surface area contributed by atoms with Gasteiger partial charge in [-0.2, -0.15) is 0 Å². The fourth-order valence-corrected chi connectivity index (χ4v) is 3.40. The van der Waals surface area contributed by atoms with Gasteiger partial charge in [-0.15, -0.1) is 0 Å². The minimum Gasteiger partial charge on any atom is -0.494 e. The number of dihydropyridines is 1. The topological polar surface area (TPSA) is 67.0 Å². The Bertz CT molecular complexity index is 861. The first-order valence-corrected chi connectivity index (χ1v) is 7.56. The van der Waals surface area contributed by atoms with Gasteiger partial charge in [-0.3, -0.25) is 4.99 Å². The number of aromatic hydroxyl groups is 2. The van der Waals surface area contributed by atoms with Crippen LogP contribution in [0.25, 0.3) is 5.69 Å². The average Bonchev–Trinajstić information content (AvgIpc) is 2.92. The van der Waals surface area contributed by atoms with Crippen LogP contribution >= 0.6 is 0 Å². The summed E-state index contributed by atoms with van der Waals surface area (Å²) in [5.41, 5.74) is 2.64. The molecular formula is C18H18N2O3. The van der Waals surface area contributed by atoms with Gasteiger partial charge >= 0.3 is 0 Å². The van der Waals surface area contributed by atoms with Crippen molar-refractivity contribution in [2.45, 2.75) is 32.4 Å². The Balaban J connectivity index is 1.88. The highest BCUT2D eigenvalue weighted by molar-refractivity contribution is 5.81. The second-order valence-corrected chi connectivity index (χ2v) is 6.42. The largest absolute Gasteiger partial charge is 0.494 e. The lowest BCUT2D eigenvalue weighted by molar-refractivity contribution is 0.135. The number of hydrogen-bond acceptors (Lipinski definition) is 4. The summed E-state index contributed by atoms with van der Waals surface area (Å²) in [5, 5.41) is 21.3. The number of hydrogen-bond donors (Lipinski definition) is 2. The molecule has 2 aromatic rings. The van der Waals surface area contributed by atoms with Crippen molar-refractivity contribution in [2.75, 3.05) is 0 Å². The molecule has 0 unspecified atom stereocenters. The second kappa shape index (κ2) is 4.41. The van der Waals surface area contributed by atoms with Crippen molar-refractivity contribution in [2.24, 2.45) is 4.99 Å². The zero-order valence-electron chi connectivity index (χ0n) is 13.2. The molecule has 0 aliphatic carbocycles. The number of fused-ring (bicyclic) bond motifs is 3. The molecule has 2 N–H and O–H groups in total. The summed E-state index contributed by atoms with van der Waals surface area (Å²) in [5.74, 6) is 0.178. The van der Waals surface area contributed by atoms with E-state index >= 15 is 0 Å². The maximum atomic E-state index is 10.7. The molecule has 0 spiro atoms. The fourth-order valence-electron chi connectivity index (χ4n) is 3.40. The lowest BCUT2D eigenvalue weighted by atomic mass is 9.90. The first kappa shape index (κ1) is 13.9. The van der Waals surface area contributed by atoms with Gasteiger partial charge in [0.25, 0.3) is 0 Å². The molecule has 0 amide bonds. The smallest absolute Gasteiger partial charge is 0.242 e. The third-order valence-corrected chi connectivity index (χ3v) is 4.48. The molecule has 0 radical (unpaired) electrons. The van der Waals surface area contributed by atoms with E-state index in [0.717, 1.165) is 11.1 Å². The number of nitrogens with zero attached hydrogens (tertiary/aromatic N) is 2. The van der Waals surface area contributed by atoms with Gasteiger partial charge in [0.2, 0.25) is 11.8 Å². The molecule has 3 heterocycles. The summed E-state index contributed by atoms with van der Waals surface area (Å²) in [7, 11) is 0. The summed E-state index contributed by atoms with van der Waals surface area (Å²) < 4.78 is 7.38. The van der Waals surface area contributed by atoms with E-state index < -0.39 is 5.60 Å². The van der Waals surface area contributed by atoms with Gasteiger partial charge in [0, 0.05) is 6.21 Å². The summed E-state index contributed by atoms with van der Waals surface area (Å²) in [4.78, 5) is 4.51. The maximum absolute atomic E-state index is 10.7. The Morgan fingerprint density at radius 1 is 1.13 bits per heavy atom. The molecule has 0 fully saturated rings. The summed E-state index contributed by atoms with van der Waals surface area (Å²) >= 11 is 0. The highest BCUT2D eigenvalue weighted by atomic mass is 16.5. The van der Waals surface area contributed by atoms with Crippen molar-refractivity contribution in [3.05, 3.63) is 47.0 Å². The number of allylic oxidation sites excluding steroid dienone is 1. The molecule has 118 valence electrons. The number of aliphatic imine (C=N–C) groups is 1. The van der Waals surface area contributed by atoms with Gasteiger partial charge in [-0.05, 0) is 44.6 Å².